The number of anilines is 1. The Balaban J connectivity index is 1.29. The average molecular weight is 578 g/mol. The molecule has 3 aromatic heterocycles. The number of fused-ring (bicyclic) bond motifs is 3. The molecule has 1 atom stereocenters. The lowest BCUT2D eigenvalue weighted by Gasteiger charge is -2.34. The van der Waals surface area contributed by atoms with Gasteiger partial charge < -0.3 is 18.7 Å². The molecule has 6 rings (SSSR count). The van der Waals surface area contributed by atoms with E-state index in [1.165, 1.54) is 6.07 Å². The van der Waals surface area contributed by atoms with Crippen LogP contribution in [0.2, 0.25) is 0 Å². The summed E-state index contributed by atoms with van der Waals surface area (Å²) in [4.78, 5) is 29.5. The van der Waals surface area contributed by atoms with Crippen molar-refractivity contribution in [2.24, 2.45) is 0 Å². The summed E-state index contributed by atoms with van der Waals surface area (Å²) in [6.07, 6.45) is 5.19. The molecule has 2 aliphatic heterocycles. The smallest absolute Gasteiger partial charge is 0.261 e. The number of amides is 1. The summed E-state index contributed by atoms with van der Waals surface area (Å²) in [6, 6.07) is 12.1. The fourth-order valence-electron chi connectivity index (χ4n) is 5.47. The first-order valence-corrected chi connectivity index (χ1v) is 15.6. The summed E-state index contributed by atoms with van der Waals surface area (Å²) in [5.74, 6) is 2.19. The van der Waals surface area contributed by atoms with E-state index in [9.17, 15) is 13.2 Å². The lowest BCUT2D eigenvalue weighted by atomic mass is 10.0. The fourth-order valence-corrected chi connectivity index (χ4v) is 5.96. The molecule has 0 bridgehead atoms. The van der Waals surface area contributed by atoms with Gasteiger partial charge in [-0.05, 0) is 31.4 Å². The Morgan fingerprint density at radius 3 is 2.68 bits per heavy atom. The summed E-state index contributed by atoms with van der Waals surface area (Å²) in [5.41, 5.74) is 3.25. The van der Waals surface area contributed by atoms with Gasteiger partial charge in [-0.1, -0.05) is 42.4 Å². The molecule has 12 nitrogen and oxygen atoms in total. The van der Waals surface area contributed by atoms with Gasteiger partial charge in [0.05, 0.1) is 23.3 Å². The number of aryl methyl sites for hydroxylation is 2. The quantitative estimate of drug-likeness (QED) is 0.334. The maximum atomic E-state index is 13.8. The van der Waals surface area contributed by atoms with Crippen molar-refractivity contribution >= 4 is 21.7 Å². The molecule has 41 heavy (non-hydrogen) atoms. The second kappa shape index (κ2) is 11.0. The molecule has 0 fully saturated rings. The van der Waals surface area contributed by atoms with Crippen LogP contribution in [-0.2, 0) is 40.6 Å². The van der Waals surface area contributed by atoms with Crippen molar-refractivity contribution in [1.82, 2.24) is 29.6 Å². The monoisotopic (exact) mass is 577 g/mol. The molecule has 0 saturated heterocycles. The standard InChI is InChI=1S/C28H31N7O5S/c1-3-19-21(12-13-22(29-19)33-41(2,37)38)39-17-24(36)35-16-14-20-25(34-15-8-7-11-23(34)30-20)26(35)28-31-27(32-40-28)18-9-5-4-6-10-18/h4-6,9-10,12-13,26H,3,7-8,11,14-17H2,1-2H3,(H,29,33). The van der Waals surface area contributed by atoms with Gasteiger partial charge in [-0.25, -0.2) is 18.4 Å². The highest BCUT2D eigenvalue weighted by atomic mass is 32.2. The van der Waals surface area contributed by atoms with Crippen LogP contribution in [0, 0.1) is 0 Å². The molecular weight excluding hydrogens is 546 g/mol. The molecule has 214 valence electrons. The van der Waals surface area contributed by atoms with Crippen molar-refractivity contribution < 1.29 is 22.5 Å². The van der Waals surface area contributed by atoms with Crippen LogP contribution in [0.5, 0.6) is 5.75 Å². The van der Waals surface area contributed by atoms with Crippen LogP contribution < -0.4 is 9.46 Å². The number of sulfonamides is 1. The SMILES string of the molecule is CCc1nc(NS(C)(=O)=O)ccc1OCC(=O)N1CCc2nc3n(c2C1c1nc(-c2ccccc2)no1)CCCC3. The topological polar surface area (TPSA) is 145 Å². The zero-order chi connectivity index (χ0) is 28.6. The van der Waals surface area contributed by atoms with E-state index in [2.05, 4.69) is 19.4 Å². The third kappa shape index (κ3) is 5.53. The van der Waals surface area contributed by atoms with E-state index in [1.54, 1.807) is 11.0 Å². The van der Waals surface area contributed by atoms with Crippen LogP contribution >= 0.6 is 0 Å². The molecule has 0 saturated carbocycles. The second-order valence-corrected chi connectivity index (χ2v) is 11.9. The van der Waals surface area contributed by atoms with Crippen LogP contribution in [0.1, 0.15) is 54.6 Å². The zero-order valence-corrected chi connectivity index (χ0v) is 23.7. The van der Waals surface area contributed by atoms with Crippen molar-refractivity contribution in [2.45, 2.75) is 51.6 Å². The fraction of sp³-hybridized carbons (Fsp3) is 0.393. The summed E-state index contributed by atoms with van der Waals surface area (Å²) in [5, 5.41) is 4.23. The Kier molecular flexibility index (Phi) is 7.20. The molecule has 4 aromatic rings. The predicted octanol–water partition coefficient (Wildman–Crippen LogP) is 3.15. The molecule has 0 spiro atoms. The zero-order valence-electron chi connectivity index (χ0n) is 22.9. The van der Waals surface area contributed by atoms with Crippen LogP contribution in [0.15, 0.2) is 47.0 Å². The van der Waals surface area contributed by atoms with E-state index in [-0.39, 0.29) is 18.3 Å². The molecule has 5 heterocycles. The number of pyridine rings is 1. The van der Waals surface area contributed by atoms with Crippen LogP contribution in [-0.4, -0.2) is 63.3 Å². The normalized spacial score (nSPS) is 16.6. The second-order valence-electron chi connectivity index (χ2n) is 10.2. The van der Waals surface area contributed by atoms with Gasteiger partial charge in [-0.2, -0.15) is 4.98 Å². The average Bonchev–Trinajstić information content (AvgIpc) is 3.61. The third-order valence-electron chi connectivity index (χ3n) is 7.29. The highest BCUT2D eigenvalue weighted by molar-refractivity contribution is 7.92. The summed E-state index contributed by atoms with van der Waals surface area (Å²) in [6.45, 7) is 2.90. The first-order valence-electron chi connectivity index (χ1n) is 13.7. The number of benzene rings is 1. The minimum atomic E-state index is -3.47. The number of nitrogens with zero attached hydrogens (tertiary/aromatic N) is 6. The maximum absolute atomic E-state index is 13.8. The van der Waals surface area contributed by atoms with Gasteiger partial charge in [0.25, 0.3) is 11.8 Å². The van der Waals surface area contributed by atoms with Gasteiger partial charge in [0.15, 0.2) is 12.6 Å². The Morgan fingerprint density at radius 1 is 1.07 bits per heavy atom. The lowest BCUT2D eigenvalue weighted by Crippen LogP contribution is -2.44. The van der Waals surface area contributed by atoms with E-state index in [4.69, 9.17) is 19.2 Å². The Hall–Kier alpha value is -4.26. The van der Waals surface area contributed by atoms with Gasteiger partial charge in [0, 0.05) is 31.5 Å². The number of ether oxygens (including phenoxy) is 1. The number of imidazole rings is 1. The van der Waals surface area contributed by atoms with Gasteiger partial charge in [-0.15, -0.1) is 0 Å². The third-order valence-corrected chi connectivity index (χ3v) is 7.87. The minimum Gasteiger partial charge on any atom is -0.482 e. The predicted molar refractivity (Wildman–Crippen MR) is 150 cm³/mol. The Morgan fingerprint density at radius 2 is 1.90 bits per heavy atom. The Labute approximate surface area is 237 Å². The Bertz CT molecular complexity index is 1680. The van der Waals surface area contributed by atoms with Crippen molar-refractivity contribution in [3.8, 4) is 17.1 Å². The number of rotatable bonds is 8. The molecule has 1 N–H and O–H groups in total. The minimum absolute atomic E-state index is 0.197. The van der Waals surface area contributed by atoms with E-state index < -0.39 is 16.1 Å². The van der Waals surface area contributed by atoms with Crippen molar-refractivity contribution in [3.05, 3.63) is 71.3 Å². The largest absolute Gasteiger partial charge is 0.482 e. The summed E-state index contributed by atoms with van der Waals surface area (Å²) < 4.78 is 39.5. The van der Waals surface area contributed by atoms with Crippen LogP contribution in [0.4, 0.5) is 5.82 Å². The molecule has 13 heteroatoms. The lowest BCUT2D eigenvalue weighted by molar-refractivity contribution is -0.136. The number of hydrogen-bond acceptors (Lipinski definition) is 9. The van der Waals surface area contributed by atoms with Gasteiger partial charge >= 0.3 is 0 Å². The van der Waals surface area contributed by atoms with E-state index in [0.717, 1.165) is 54.8 Å². The van der Waals surface area contributed by atoms with Crippen molar-refractivity contribution in [2.75, 3.05) is 24.1 Å². The molecule has 1 unspecified atom stereocenters. The van der Waals surface area contributed by atoms with Gasteiger partial charge in [0.1, 0.15) is 17.4 Å². The van der Waals surface area contributed by atoms with Crippen LogP contribution in [0.3, 0.4) is 0 Å². The first kappa shape index (κ1) is 26.9. The summed E-state index contributed by atoms with van der Waals surface area (Å²) in [7, 11) is -3.47. The number of carbonyl (C=O) groups is 1. The molecule has 1 aromatic carbocycles. The van der Waals surface area contributed by atoms with Crippen LogP contribution in [0.25, 0.3) is 11.4 Å². The summed E-state index contributed by atoms with van der Waals surface area (Å²) >= 11 is 0. The van der Waals surface area contributed by atoms with Gasteiger partial charge in [-0.3, -0.25) is 9.52 Å². The number of nitrogens with one attached hydrogen (secondary N) is 1. The van der Waals surface area contributed by atoms with Crippen molar-refractivity contribution in [3.63, 3.8) is 0 Å². The first-order chi connectivity index (χ1) is 19.8. The van der Waals surface area contributed by atoms with Gasteiger partial charge in [0.2, 0.25) is 15.8 Å². The van der Waals surface area contributed by atoms with E-state index in [1.807, 2.05) is 37.3 Å². The highest BCUT2D eigenvalue weighted by Gasteiger charge is 2.40. The molecular formula is C28H31N7O5S. The highest BCUT2D eigenvalue weighted by Crippen LogP contribution is 2.37. The van der Waals surface area contributed by atoms with E-state index in [0.29, 0.717) is 42.5 Å². The number of carbonyl (C=O) groups excluding carboxylic acids is 1. The number of hydrogen-bond donors (Lipinski definition) is 1. The molecule has 1 amide bonds. The van der Waals surface area contributed by atoms with E-state index >= 15 is 0 Å². The maximum Gasteiger partial charge on any atom is 0.261 e. The molecule has 2 aliphatic rings. The molecule has 0 aliphatic carbocycles. The van der Waals surface area contributed by atoms with Crippen molar-refractivity contribution in [1.29, 1.82) is 0 Å². The number of aromatic nitrogens is 5. The molecule has 0 radical (unpaired) electrons.